The highest BCUT2D eigenvalue weighted by Gasteiger charge is 2.18. The van der Waals surface area contributed by atoms with Crippen LogP contribution in [0.25, 0.3) is 11.4 Å². The molecular weight excluding hydrogens is 356 g/mol. The number of carbonyl (C=O) groups is 2. The number of aryl methyl sites for hydroxylation is 1. The van der Waals surface area contributed by atoms with E-state index in [4.69, 9.17) is 5.73 Å². The van der Waals surface area contributed by atoms with Crippen LogP contribution in [0.4, 0.5) is 11.4 Å². The van der Waals surface area contributed by atoms with E-state index in [9.17, 15) is 9.59 Å². The van der Waals surface area contributed by atoms with Crippen LogP contribution in [0.3, 0.4) is 0 Å². The molecule has 1 aromatic heterocycles. The molecule has 2 heterocycles. The molecule has 2 aromatic carbocycles. The number of hydrogen-bond acceptors (Lipinski definition) is 5. The predicted octanol–water partition coefficient (Wildman–Crippen LogP) is 1.69. The van der Waals surface area contributed by atoms with Crippen LogP contribution in [0.15, 0.2) is 42.5 Å². The van der Waals surface area contributed by atoms with Crippen molar-refractivity contribution >= 4 is 23.2 Å². The van der Waals surface area contributed by atoms with Gasteiger partial charge in [0.15, 0.2) is 11.6 Å². The van der Waals surface area contributed by atoms with Gasteiger partial charge in [-0.15, -0.1) is 0 Å². The topological polar surface area (TPSA) is 115 Å². The molecule has 4 rings (SSSR count). The zero-order chi connectivity index (χ0) is 19.7. The molecule has 1 aliphatic rings. The van der Waals surface area contributed by atoms with Crippen molar-refractivity contribution < 1.29 is 9.59 Å². The van der Waals surface area contributed by atoms with Gasteiger partial charge >= 0.3 is 0 Å². The lowest BCUT2D eigenvalue weighted by molar-refractivity contribution is -0.117. The maximum atomic E-state index is 11.7. The Morgan fingerprint density at radius 3 is 2.86 bits per heavy atom. The molecule has 28 heavy (non-hydrogen) atoms. The van der Waals surface area contributed by atoms with E-state index >= 15 is 0 Å². The molecule has 8 nitrogen and oxygen atoms in total. The van der Waals surface area contributed by atoms with Gasteiger partial charge in [0, 0.05) is 5.56 Å². The van der Waals surface area contributed by atoms with Gasteiger partial charge in [-0.1, -0.05) is 29.8 Å². The third kappa shape index (κ3) is 3.71. The predicted molar refractivity (Wildman–Crippen MR) is 106 cm³/mol. The SMILES string of the molecule is Cc1cccc(Cn2nc(CC(N)=O)nc2-c2ccc3c(c2)NC(=O)CN3)c1. The summed E-state index contributed by atoms with van der Waals surface area (Å²) in [6, 6.07) is 13.8. The average molecular weight is 376 g/mol. The summed E-state index contributed by atoms with van der Waals surface area (Å²) in [6.45, 7) is 2.78. The minimum absolute atomic E-state index is 0.0307. The van der Waals surface area contributed by atoms with Crippen molar-refractivity contribution in [1.82, 2.24) is 14.8 Å². The van der Waals surface area contributed by atoms with Crippen molar-refractivity contribution in [3.63, 3.8) is 0 Å². The summed E-state index contributed by atoms with van der Waals surface area (Å²) >= 11 is 0. The van der Waals surface area contributed by atoms with Crippen molar-refractivity contribution in [1.29, 1.82) is 0 Å². The number of primary amides is 1. The molecule has 0 saturated carbocycles. The van der Waals surface area contributed by atoms with Crippen LogP contribution in [-0.2, 0) is 22.6 Å². The Kier molecular flexibility index (Phi) is 4.52. The van der Waals surface area contributed by atoms with Crippen LogP contribution in [0.1, 0.15) is 17.0 Å². The van der Waals surface area contributed by atoms with E-state index in [1.807, 2.05) is 43.3 Å². The highest BCUT2D eigenvalue weighted by atomic mass is 16.2. The highest BCUT2D eigenvalue weighted by Crippen LogP contribution is 2.30. The highest BCUT2D eigenvalue weighted by molar-refractivity contribution is 6.01. The van der Waals surface area contributed by atoms with Gasteiger partial charge in [-0.05, 0) is 30.7 Å². The molecule has 8 heteroatoms. The lowest BCUT2D eigenvalue weighted by Crippen LogP contribution is -2.27. The second-order valence-electron chi connectivity index (χ2n) is 6.80. The number of nitrogens with two attached hydrogens (primary N) is 1. The number of hydrogen-bond donors (Lipinski definition) is 3. The fourth-order valence-electron chi connectivity index (χ4n) is 3.24. The Balaban J connectivity index is 1.74. The summed E-state index contributed by atoms with van der Waals surface area (Å²) in [7, 11) is 0. The summed E-state index contributed by atoms with van der Waals surface area (Å²) < 4.78 is 1.76. The summed E-state index contributed by atoms with van der Waals surface area (Å²) in [4.78, 5) is 27.5. The molecule has 2 amide bonds. The minimum Gasteiger partial charge on any atom is -0.374 e. The van der Waals surface area contributed by atoms with E-state index in [0.717, 1.165) is 22.4 Å². The summed E-state index contributed by atoms with van der Waals surface area (Å²) in [6.07, 6.45) is -0.0307. The smallest absolute Gasteiger partial charge is 0.243 e. The third-order valence-electron chi connectivity index (χ3n) is 4.45. The summed E-state index contributed by atoms with van der Waals surface area (Å²) in [5.74, 6) is 0.400. The Morgan fingerprint density at radius 2 is 2.07 bits per heavy atom. The van der Waals surface area contributed by atoms with Crippen LogP contribution in [-0.4, -0.2) is 33.1 Å². The van der Waals surface area contributed by atoms with Gasteiger partial charge in [-0.25, -0.2) is 9.67 Å². The van der Waals surface area contributed by atoms with Crippen molar-refractivity contribution in [2.45, 2.75) is 19.9 Å². The standard InChI is InChI=1S/C20H20N6O2/c1-12-3-2-4-13(7-12)11-26-20(24-18(25-26)9-17(21)27)14-5-6-15-16(8-14)23-19(28)10-22-15/h2-8,22H,9-11H2,1H3,(H2,21,27)(H,23,28). The molecule has 0 bridgehead atoms. The Morgan fingerprint density at radius 1 is 1.21 bits per heavy atom. The quantitative estimate of drug-likeness (QED) is 0.627. The maximum absolute atomic E-state index is 11.7. The van der Waals surface area contributed by atoms with Crippen LogP contribution in [0.2, 0.25) is 0 Å². The first-order valence-electron chi connectivity index (χ1n) is 8.93. The first-order valence-corrected chi connectivity index (χ1v) is 8.93. The summed E-state index contributed by atoms with van der Waals surface area (Å²) in [5.41, 5.74) is 9.88. The Labute approximate surface area is 161 Å². The van der Waals surface area contributed by atoms with Crippen LogP contribution in [0.5, 0.6) is 0 Å². The average Bonchev–Trinajstić information content (AvgIpc) is 3.02. The van der Waals surface area contributed by atoms with E-state index < -0.39 is 5.91 Å². The number of rotatable bonds is 5. The minimum atomic E-state index is -0.485. The van der Waals surface area contributed by atoms with E-state index in [1.54, 1.807) is 4.68 Å². The molecule has 0 atom stereocenters. The molecule has 0 unspecified atom stereocenters. The van der Waals surface area contributed by atoms with E-state index in [0.29, 0.717) is 23.9 Å². The molecule has 1 aliphatic heterocycles. The van der Waals surface area contributed by atoms with Crippen molar-refractivity contribution in [2.75, 3.05) is 17.2 Å². The fraction of sp³-hybridized carbons (Fsp3) is 0.200. The van der Waals surface area contributed by atoms with Crippen molar-refractivity contribution in [3.8, 4) is 11.4 Å². The third-order valence-corrected chi connectivity index (χ3v) is 4.45. The fourth-order valence-corrected chi connectivity index (χ4v) is 3.24. The number of nitrogens with one attached hydrogen (secondary N) is 2. The molecule has 0 fully saturated rings. The molecule has 0 radical (unpaired) electrons. The number of amides is 2. The van der Waals surface area contributed by atoms with Crippen LogP contribution in [0, 0.1) is 6.92 Å². The zero-order valence-electron chi connectivity index (χ0n) is 15.4. The van der Waals surface area contributed by atoms with Gasteiger partial charge in [0.25, 0.3) is 0 Å². The molecule has 142 valence electrons. The Hall–Kier alpha value is -3.68. The van der Waals surface area contributed by atoms with Gasteiger partial charge < -0.3 is 16.4 Å². The van der Waals surface area contributed by atoms with Gasteiger partial charge in [-0.3, -0.25) is 9.59 Å². The van der Waals surface area contributed by atoms with E-state index in [2.05, 4.69) is 26.8 Å². The molecule has 3 aromatic rings. The van der Waals surface area contributed by atoms with Crippen LogP contribution >= 0.6 is 0 Å². The van der Waals surface area contributed by atoms with Crippen molar-refractivity contribution in [3.05, 3.63) is 59.4 Å². The molecule has 0 spiro atoms. The largest absolute Gasteiger partial charge is 0.374 e. The van der Waals surface area contributed by atoms with E-state index in [-0.39, 0.29) is 18.9 Å². The molecule has 0 saturated heterocycles. The number of fused-ring (bicyclic) bond motifs is 1. The second kappa shape index (κ2) is 7.15. The summed E-state index contributed by atoms with van der Waals surface area (Å²) in [5, 5.41) is 10.4. The molecule has 4 N–H and O–H groups in total. The van der Waals surface area contributed by atoms with E-state index in [1.165, 1.54) is 0 Å². The zero-order valence-corrected chi connectivity index (χ0v) is 15.4. The Bertz CT molecular complexity index is 1070. The van der Waals surface area contributed by atoms with Gasteiger partial charge in [0.2, 0.25) is 11.8 Å². The van der Waals surface area contributed by atoms with Crippen molar-refractivity contribution in [2.24, 2.45) is 5.73 Å². The van der Waals surface area contributed by atoms with Gasteiger partial charge in [0.1, 0.15) is 0 Å². The maximum Gasteiger partial charge on any atom is 0.243 e. The number of nitrogens with zero attached hydrogens (tertiary/aromatic N) is 3. The molecular formula is C20H20N6O2. The number of benzene rings is 2. The lowest BCUT2D eigenvalue weighted by atomic mass is 10.1. The first-order chi connectivity index (χ1) is 13.5. The lowest BCUT2D eigenvalue weighted by Gasteiger charge is -2.19. The number of aromatic nitrogens is 3. The number of anilines is 2. The second-order valence-corrected chi connectivity index (χ2v) is 6.80. The van der Waals surface area contributed by atoms with Gasteiger partial charge in [0.05, 0.1) is 30.9 Å². The first kappa shape index (κ1) is 17.7. The molecule has 0 aliphatic carbocycles. The van der Waals surface area contributed by atoms with Crippen LogP contribution < -0.4 is 16.4 Å². The monoisotopic (exact) mass is 376 g/mol. The number of carbonyl (C=O) groups excluding carboxylic acids is 2. The normalized spacial score (nSPS) is 12.8. The van der Waals surface area contributed by atoms with Gasteiger partial charge in [-0.2, -0.15) is 5.10 Å².